The van der Waals surface area contributed by atoms with Crippen LogP contribution in [0.25, 0.3) is 0 Å². The van der Waals surface area contributed by atoms with Gasteiger partial charge in [-0.2, -0.15) is 0 Å². The summed E-state index contributed by atoms with van der Waals surface area (Å²) in [5.74, 6) is -2.93. The first-order chi connectivity index (χ1) is 11.9. The Morgan fingerprint density at radius 2 is 1.88 bits per heavy atom. The molecule has 1 unspecified atom stereocenters. The molecule has 25 heavy (non-hydrogen) atoms. The minimum atomic E-state index is -1.20. The van der Waals surface area contributed by atoms with Gasteiger partial charge in [0.05, 0.1) is 18.2 Å². The number of nitrogens with one attached hydrogen (secondary N) is 2. The standard InChI is InChI=1S/C17H13FN2O5/c1-25-13-6-8(2-5-12(13)18)14(17(23)24)19-9-3-4-10-11(7-9)16(22)20-15(10)21/h2-7,14,19H,1H3,(H,23,24)(H,20,21,22). The van der Waals surface area contributed by atoms with Crippen molar-refractivity contribution in [2.24, 2.45) is 0 Å². The van der Waals surface area contributed by atoms with Crippen molar-refractivity contribution < 1.29 is 28.6 Å². The van der Waals surface area contributed by atoms with Crippen molar-refractivity contribution in [3.63, 3.8) is 0 Å². The number of carbonyl (C=O) groups excluding carboxylic acids is 2. The summed E-state index contributed by atoms with van der Waals surface area (Å²) in [6.45, 7) is 0. The molecule has 2 amide bonds. The van der Waals surface area contributed by atoms with Gasteiger partial charge in [0.2, 0.25) is 0 Å². The fourth-order valence-corrected chi connectivity index (χ4v) is 2.57. The summed E-state index contributed by atoms with van der Waals surface area (Å²) in [6, 6.07) is 6.84. The predicted octanol–water partition coefficient (Wildman–Crippen LogP) is 1.96. The molecule has 0 radical (unpaired) electrons. The van der Waals surface area contributed by atoms with Crippen molar-refractivity contribution in [1.29, 1.82) is 0 Å². The Morgan fingerprint density at radius 3 is 2.56 bits per heavy atom. The van der Waals surface area contributed by atoms with Crippen LogP contribution in [0, 0.1) is 5.82 Å². The van der Waals surface area contributed by atoms with Gasteiger partial charge in [-0.15, -0.1) is 0 Å². The molecule has 7 nitrogen and oxygen atoms in total. The van der Waals surface area contributed by atoms with Crippen LogP contribution in [0.4, 0.5) is 10.1 Å². The van der Waals surface area contributed by atoms with Gasteiger partial charge in [0.15, 0.2) is 17.6 Å². The van der Waals surface area contributed by atoms with E-state index in [1.54, 1.807) is 0 Å². The summed E-state index contributed by atoms with van der Waals surface area (Å²) in [7, 11) is 1.28. The van der Waals surface area contributed by atoms with E-state index in [-0.39, 0.29) is 22.4 Å². The fourth-order valence-electron chi connectivity index (χ4n) is 2.57. The maximum atomic E-state index is 13.5. The number of carbonyl (C=O) groups is 3. The number of imide groups is 1. The molecule has 2 aromatic carbocycles. The Morgan fingerprint density at radius 1 is 1.16 bits per heavy atom. The lowest BCUT2D eigenvalue weighted by Crippen LogP contribution is -2.21. The summed E-state index contributed by atoms with van der Waals surface area (Å²) in [6.07, 6.45) is 0. The molecular weight excluding hydrogens is 331 g/mol. The predicted molar refractivity (Wildman–Crippen MR) is 85.2 cm³/mol. The number of carboxylic acid groups (broad SMARTS) is 1. The zero-order valence-corrected chi connectivity index (χ0v) is 13.0. The van der Waals surface area contributed by atoms with E-state index in [1.807, 2.05) is 0 Å². The number of aliphatic carboxylic acids is 1. The zero-order chi connectivity index (χ0) is 18.1. The smallest absolute Gasteiger partial charge is 0.330 e. The molecule has 3 rings (SSSR count). The van der Waals surface area contributed by atoms with Gasteiger partial charge in [-0.25, -0.2) is 9.18 Å². The van der Waals surface area contributed by atoms with Gasteiger partial charge in [0.25, 0.3) is 11.8 Å². The molecule has 0 spiro atoms. The highest BCUT2D eigenvalue weighted by Crippen LogP contribution is 2.27. The molecule has 8 heteroatoms. The first kappa shape index (κ1) is 16.4. The number of hydrogen-bond donors (Lipinski definition) is 3. The number of ether oxygens (including phenoxy) is 1. The quantitative estimate of drug-likeness (QED) is 0.716. The number of hydrogen-bond acceptors (Lipinski definition) is 5. The lowest BCUT2D eigenvalue weighted by atomic mass is 10.0. The Hall–Kier alpha value is -3.42. The molecular formula is C17H13FN2O5. The highest BCUT2D eigenvalue weighted by atomic mass is 19.1. The van der Waals surface area contributed by atoms with E-state index in [1.165, 1.54) is 37.4 Å². The van der Waals surface area contributed by atoms with E-state index in [2.05, 4.69) is 10.6 Å². The van der Waals surface area contributed by atoms with Crippen LogP contribution in [-0.2, 0) is 4.79 Å². The van der Waals surface area contributed by atoms with Gasteiger partial charge in [0, 0.05) is 5.69 Å². The lowest BCUT2D eigenvalue weighted by molar-refractivity contribution is -0.138. The molecule has 1 atom stereocenters. The van der Waals surface area contributed by atoms with Crippen LogP contribution in [0.3, 0.4) is 0 Å². The number of halogens is 1. The molecule has 0 saturated heterocycles. The lowest BCUT2D eigenvalue weighted by Gasteiger charge is -2.17. The maximum Gasteiger partial charge on any atom is 0.330 e. The van der Waals surface area contributed by atoms with Gasteiger partial charge in [-0.05, 0) is 35.9 Å². The van der Waals surface area contributed by atoms with Crippen molar-refractivity contribution in [3.8, 4) is 5.75 Å². The Balaban J connectivity index is 1.94. The first-order valence-electron chi connectivity index (χ1n) is 7.23. The van der Waals surface area contributed by atoms with Crippen molar-refractivity contribution in [2.45, 2.75) is 6.04 Å². The second-order valence-corrected chi connectivity index (χ2v) is 5.35. The van der Waals surface area contributed by atoms with E-state index in [4.69, 9.17) is 4.74 Å². The molecule has 1 aliphatic rings. The van der Waals surface area contributed by atoms with E-state index >= 15 is 0 Å². The highest BCUT2D eigenvalue weighted by Gasteiger charge is 2.28. The number of methoxy groups -OCH3 is 1. The summed E-state index contributed by atoms with van der Waals surface area (Å²) in [4.78, 5) is 34.9. The van der Waals surface area contributed by atoms with Gasteiger partial charge < -0.3 is 15.2 Å². The van der Waals surface area contributed by atoms with E-state index < -0.39 is 29.6 Å². The van der Waals surface area contributed by atoms with E-state index in [0.717, 1.165) is 6.07 Å². The minimum Gasteiger partial charge on any atom is -0.494 e. The fraction of sp³-hybridized carbons (Fsp3) is 0.118. The van der Waals surface area contributed by atoms with Crippen molar-refractivity contribution in [2.75, 3.05) is 12.4 Å². The largest absolute Gasteiger partial charge is 0.494 e. The van der Waals surface area contributed by atoms with Crippen molar-refractivity contribution in [1.82, 2.24) is 5.32 Å². The number of fused-ring (bicyclic) bond motifs is 1. The highest BCUT2D eigenvalue weighted by molar-refractivity contribution is 6.21. The number of anilines is 1. The molecule has 0 aliphatic carbocycles. The Labute approximate surface area is 141 Å². The number of amides is 2. The van der Waals surface area contributed by atoms with Crippen molar-refractivity contribution in [3.05, 3.63) is 58.9 Å². The summed E-state index contributed by atoms with van der Waals surface area (Å²) >= 11 is 0. The maximum absolute atomic E-state index is 13.5. The minimum absolute atomic E-state index is 0.0792. The van der Waals surface area contributed by atoms with Crippen LogP contribution < -0.4 is 15.4 Å². The Bertz CT molecular complexity index is 897. The molecule has 128 valence electrons. The topological polar surface area (TPSA) is 105 Å². The molecule has 0 fully saturated rings. The molecule has 1 aliphatic heterocycles. The summed E-state index contributed by atoms with van der Waals surface area (Å²) in [5.41, 5.74) is 0.993. The second-order valence-electron chi connectivity index (χ2n) is 5.35. The number of benzene rings is 2. The van der Waals surface area contributed by atoms with E-state index in [9.17, 15) is 23.9 Å². The SMILES string of the molecule is COc1cc(C(Nc2ccc3c(c2)C(=O)NC3=O)C(=O)O)ccc1F. The summed E-state index contributed by atoms with van der Waals surface area (Å²) in [5, 5.41) is 14.4. The average molecular weight is 344 g/mol. The molecule has 0 aromatic heterocycles. The molecule has 1 heterocycles. The molecule has 2 aromatic rings. The van der Waals surface area contributed by atoms with Crippen LogP contribution in [0.1, 0.15) is 32.3 Å². The van der Waals surface area contributed by atoms with Crippen LogP contribution >= 0.6 is 0 Å². The second kappa shape index (κ2) is 6.23. The van der Waals surface area contributed by atoms with Gasteiger partial charge in [-0.1, -0.05) is 6.07 Å². The molecule has 0 saturated carbocycles. The van der Waals surface area contributed by atoms with Crippen molar-refractivity contribution >= 4 is 23.5 Å². The van der Waals surface area contributed by atoms with Gasteiger partial charge >= 0.3 is 5.97 Å². The molecule has 0 bridgehead atoms. The third-order valence-corrected chi connectivity index (χ3v) is 3.80. The normalized spacial score (nSPS) is 13.8. The third kappa shape index (κ3) is 3.01. The van der Waals surface area contributed by atoms with Crippen LogP contribution in [0.5, 0.6) is 5.75 Å². The third-order valence-electron chi connectivity index (χ3n) is 3.80. The van der Waals surface area contributed by atoms with Crippen LogP contribution in [-0.4, -0.2) is 30.0 Å². The Kier molecular flexibility index (Phi) is 4.10. The van der Waals surface area contributed by atoms with Gasteiger partial charge in [0.1, 0.15) is 0 Å². The number of rotatable bonds is 5. The van der Waals surface area contributed by atoms with Gasteiger partial charge in [-0.3, -0.25) is 14.9 Å². The van der Waals surface area contributed by atoms with Crippen LogP contribution in [0.15, 0.2) is 36.4 Å². The zero-order valence-electron chi connectivity index (χ0n) is 13.0. The van der Waals surface area contributed by atoms with Crippen LogP contribution in [0.2, 0.25) is 0 Å². The van der Waals surface area contributed by atoms with E-state index in [0.29, 0.717) is 5.69 Å². The molecule has 3 N–H and O–H groups in total. The summed E-state index contributed by atoms with van der Waals surface area (Å²) < 4.78 is 18.4. The monoisotopic (exact) mass is 344 g/mol. The first-order valence-corrected chi connectivity index (χ1v) is 7.23. The number of carboxylic acids is 1. The average Bonchev–Trinajstić information content (AvgIpc) is 2.87.